The first-order valence-corrected chi connectivity index (χ1v) is 9.19. The summed E-state index contributed by atoms with van der Waals surface area (Å²) < 4.78 is 1.77. The van der Waals surface area contributed by atoms with E-state index in [0.29, 0.717) is 5.95 Å². The summed E-state index contributed by atoms with van der Waals surface area (Å²) in [5.74, 6) is 1.35. The molecule has 0 radical (unpaired) electrons. The predicted molar refractivity (Wildman–Crippen MR) is 104 cm³/mol. The van der Waals surface area contributed by atoms with Crippen LogP contribution in [0.4, 0.5) is 17.5 Å². The summed E-state index contributed by atoms with van der Waals surface area (Å²) in [5.41, 5.74) is 3.59. The molecule has 1 aliphatic rings. The van der Waals surface area contributed by atoms with Crippen molar-refractivity contribution in [1.29, 1.82) is 0 Å². The van der Waals surface area contributed by atoms with Gasteiger partial charge in [0, 0.05) is 11.1 Å². The van der Waals surface area contributed by atoms with E-state index in [-0.39, 0.29) is 12.1 Å². The molecule has 0 bridgehead atoms. The Kier molecular flexibility index (Phi) is 3.71. The molecule has 0 aliphatic heterocycles. The zero-order valence-electron chi connectivity index (χ0n) is 15.0. The van der Waals surface area contributed by atoms with E-state index in [4.69, 9.17) is 0 Å². The number of fused-ring (bicyclic) bond motifs is 2. The maximum atomic E-state index is 10.1. The predicted octanol–water partition coefficient (Wildman–Crippen LogP) is 2.98. The lowest BCUT2D eigenvalue weighted by molar-refractivity contribution is 0.171. The molecule has 1 fully saturated rings. The van der Waals surface area contributed by atoms with Gasteiger partial charge in [-0.15, -0.1) is 5.10 Å². The Bertz CT molecular complexity index is 1120. The highest BCUT2D eigenvalue weighted by Crippen LogP contribution is 2.25. The van der Waals surface area contributed by atoms with Gasteiger partial charge in [-0.1, -0.05) is 6.07 Å². The number of benzene rings is 1. The van der Waals surface area contributed by atoms with Crippen molar-refractivity contribution in [2.45, 2.75) is 38.3 Å². The number of aliphatic hydroxyl groups is 1. The third kappa shape index (κ3) is 2.87. The second-order valence-corrected chi connectivity index (χ2v) is 7.06. The molecule has 0 spiro atoms. The molecule has 1 aliphatic carbocycles. The standard InChI is InChI=1S/C19H21N7O/c1-11-13-9-8-12(10-15(13)24-23-11)20-19-22-18-7-3-6-17(26(18)25-19)21-14-4-2-5-16(14)27/h3,6-10,14,16,21,27H,2,4-5H2,1H3,(H,20,25)(H,23,24)/t14-,16+/m0/s1. The lowest BCUT2D eigenvalue weighted by Gasteiger charge is -2.17. The molecule has 3 heterocycles. The van der Waals surface area contributed by atoms with Gasteiger partial charge >= 0.3 is 0 Å². The molecule has 3 aromatic heterocycles. The van der Waals surface area contributed by atoms with E-state index >= 15 is 0 Å². The average molecular weight is 363 g/mol. The third-order valence-corrected chi connectivity index (χ3v) is 5.18. The monoisotopic (exact) mass is 363 g/mol. The molecular weight excluding hydrogens is 342 g/mol. The summed E-state index contributed by atoms with van der Waals surface area (Å²) in [6.07, 6.45) is 2.52. The van der Waals surface area contributed by atoms with Crippen molar-refractivity contribution < 1.29 is 5.11 Å². The number of anilines is 3. The highest BCUT2D eigenvalue weighted by molar-refractivity contribution is 5.85. The molecule has 0 unspecified atom stereocenters. The van der Waals surface area contributed by atoms with Gasteiger partial charge in [-0.25, -0.2) is 0 Å². The van der Waals surface area contributed by atoms with Crippen LogP contribution in [0.2, 0.25) is 0 Å². The van der Waals surface area contributed by atoms with Gasteiger partial charge in [0.2, 0.25) is 5.95 Å². The number of hydrogen-bond acceptors (Lipinski definition) is 6. The SMILES string of the molecule is Cc1n[nH]c2cc(Nc3nc4cccc(N[C@H]5CCC[C@H]5O)n4n3)ccc12. The summed E-state index contributed by atoms with van der Waals surface area (Å²) in [4.78, 5) is 4.56. The highest BCUT2D eigenvalue weighted by atomic mass is 16.3. The van der Waals surface area contributed by atoms with Crippen molar-refractivity contribution in [3.05, 3.63) is 42.1 Å². The first-order chi connectivity index (χ1) is 13.2. The van der Waals surface area contributed by atoms with Crippen LogP contribution in [0.15, 0.2) is 36.4 Å². The largest absolute Gasteiger partial charge is 0.391 e. The second-order valence-electron chi connectivity index (χ2n) is 7.06. The quantitative estimate of drug-likeness (QED) is 0.444. The summed E-state index contributed by atoms with van der Waals surface area (Å²) in [6.45, 7) is 1.98. The molecule has 1 saturated carbocycles. The van der Waals surface area contributed by atoms with Gasteiger partial charge in [0.25, 0.3) is 0 Å². The Morgan fingerprint density at radius 3 is 3.00 bits per heavy atom. The van der Waals surface area contributed by atoms with Crippen molar-refractivity contribution in [2.75, 3.05) is 10.6 Å². The van der Waals surface area contributed by atoms with Gasteiger partial charge in [-0.05, 0) is 56.5 Å². The first kappa shape index (κ1) is 16.1. The summed E-state index contributed by atoms with van der Waals surface area (Å²) in [7, 11) is 0. The number of H-pyrrole nitrogens is 1. The van der Waals surface area contributed by atoms with E-state index in [1.54, 1.807) is 4.52 Å². The molecule has 138 valence electrons. The van der Waals surface area contributed by atoms with E-state index in [1.807, 2.05) is 43.3 Å². The van der Waals surface area contributed by atoms with E-state index in [2.05, 4.69) is 30.9 Å². The zero-order chi connectivity index (χ0) is 18.4. The molecule has 27 heavy (non-hydrogen) atoms. The number of aromatic amines is 1. The van der Waals surface area contributed by atoms with Crippen LogP contribution in [0.5, 0.6) is 0 Å². The van der Waals surface area contributed by atoms with E-state index < -0.39 is 0 Å². The number of aromatic nitrogens is 5. The molecule has 0 amide bonds. The number of rotatable bonds is 4. The number of hydrogen-bond donors (Lipinski definition) is 4. The number of nitrogens with zero attached hydrogens (tertiary/aromatic N) is 4. The molecule has 8 nitrogen and oxygen atoms in total. The smallest absolute Gasteiger partial charge is 0.247 e. The van der Waals surface area contributed by atoms with Crippen LogP contribution >= 0.6 is 0 Å². The molecule has 4 aromatic rings. The topological polar surface area (TPSA) is 103 Å². The number of aryl methyl sites for hydroxylation is 1. The van der Waals surface area contributed by atoms with E-state index in [0.717, 1.165) is 53.0 Å². The maximum Gasteiger partial charge on any atom is 0.247 e. The Hall–Kier alpha value is -3.13. The van der Waals surface area contributed by atoms with Gasteiger partial charge in [-0.2, -0.15) is 14.6 Å². The molecule has 2 atom stereocenters. The van der Waals surface area contributed by atoms with Gasteiger partial charge in [-0.3, -0.25) is 5.10 Å². The zero-order valence-corrected chi connectivity index (χ0v) is 15.0. The lowest BCUT2D eigenvalue weighted by Crippen LogP contribution is -2.28. The molecule has 1 aromatic carbocycles. The van der Waals surface area contributed by atoms with Crippen LogP contribution in [-0.2, 0) is 0 Å². The normalized spacial score (nSPS) is 19.8. The minimum atomic E-state index is -0.314. The van der Waals surface area contributed by atoms with Crippen LogP contribution in [-0.4, -0.2) is 42.0 Å². The van der Waals surface area contributed by atoms with Gasteiger partial charge in [0.05, 0.1) is 23.4 Å². The van der Waals surface area contributed by atoms with Gasteiger partial charge in [0.1, 0.15) is 5.82 Å². The van der Waals surface area contributed by atoms with Crippen molar-refractivity contribution >= 4 is 34.0 Å². The molecule has 5 rings (SSSR count). The second kappa shape index (κ2) is 6.24. The fraction of sp³-hybridized carbons (Fsp3) is 0.316. The minimum absolute atomic E-state index is 0.0576. The molecular formula is C19H21N7O. The Labute approximate surface area is 155 Å². The third-order valence-electron chi connectivity index (χ3n) is 5.18. The summed E-state index contributed by atoms with van der Waals surface area (Å²) in [6, 6.07) is 11.9. The van der Waals surface area contributed by atoms with Crippen molar-refractivity contribution in [3.8, 4) is 0 Å². The van der Waals surface area contributed by atoms with E-state index in [9.17, 15) is 5.11 Å². The van der Waals surface area contributed by atoms with Crippen LogP contribution < -0.4 is 10.6 Å². The molecule has 0 saturated heterocycles. The van der Waals surface area contributed by atoms with Crippen molar-refractivity contribution in [1.82, 2.24) is 24.8 Å². The number of nitrogens with one attached hydrogen (secondary N) is 3. The van der Waals surface area contributed by atoms with Crippen LogP contribution in [0, 0.1) is 6.92 Å². The van der Waals surface area contributed by atoms with Crippen molar-refractivity contribution in [2.24, 2.45) is 0 Å². The fourth-order valence-corrected chi connectivity index (χ4v) is 3.73. The number of pyridine rings is 1. The lowest BCUT2D eigenvalue weighted by atomic mass is 10.2. The summed E-state index contributed by atoms with van der Waals surface area (Å²) in [5, 5.41) is 29.7. The minimum Gasteiger partial charge on any atom is -0.391 e. The van der Waals surface area contributed by atoms with Crippen LogP contribution in [0.1, 0.15) is 25.0 Å². The maximum absolute atomic E-state index is 10.1. The van der Waals surface area contributed by atoms with Gasteiger partial charge in [0.15, 0.2) is 5.65 Å². The first-order valence-electron chi connectivity index (χ1n) is 9.19. The Morgan fingerprint density at radius 2 is 2.15 bits per heavy atom. The van der Waals surface area contributed by atoms with E-state index in [1.165, 1.54) is 0 Å². The molecule has 8 heteroatoms. The fourth-order valence-electron chi connectivity index (χ4n) is 3.73. The summed E-state index contributed by atoms with van der Waals surface area (Å²) >= 11 is 0. The Balaban J connectivity index is 1.44. The highest BCUT2D eigenvalue weighted by Gasteiger charge is 2.25. The van der Waals surface area contributed by atoms with Gasteiger partial charge < -0.3 is 15.7 Å². The number of aliphatic hydroxyl groups excluding tert-OH is 1. The van der Waals surface area contributed by atoms with Crippen LogP contribution in [0.3, 0.4) is 0 Å². The Morgan fingerprint density at radius 1 is 1.22 bits per heavy atom. The van der Waals surface area contributed by atoms with Crippen molar-refractivity contribution in [3.63, 3.8) is 0 Å². The average Bonchev–Trinajstić information content (AvgIpc) is 3.35. The van der Waals surface area contributed by atoms with Crippen LogP contribution in [0.25, 0.3) is 16.6 Å². The molecule has 4 N–H and O–H groups in total.